The van der Waals surface area contributed by atoms with Crippen LogP contribution in [0.5, 0.6) is 0 Å². The van der Waals surface area contributed by atoms with E-state index in [0.717, 1.165) is 62.3 Å². The number of fused-ring (bicyclic) bond motifs is 1. The van der Waals surface area contributed by atoms with Gasteiger partial charge in [-0.3, -0.25) is 9.10 Å². The third-order valence-corrected chi connectivity index (χ3v) is 9.89. The summed E-state index contributed by atoms with van der Waals surface area (Å²) in [7, 11) is -2.11. The standard InChI is InChI=1S/C27H41N5O4S/c1-27(2,3)26-29-23-17-22(7-8-24(23)32(26)18-19-11-15-36-16-12-19)30(4)37(34,35)31-13-9-20(10-14-31)25(33)28-21-5-6-21/h7-8,17,19-21H,5-6,9-16,18H2,1-4H3,(H,28,33). The highest BCUT2D eigenvalue weighted by atomic mass is 32.2. The molecular weight excluding hydrogens is 490 g/mol. The molecule has 0 atom stereocenters. The van der Waals surface area contributed by atoms with Crippen molar-refractivity contribution in [2.45, 2.75) is 77.3 Å². The largest absolute Gasteiger partial charge is 0.381 e. The number of nitrogens with zero attached hydrogens (tertiary/aromatic N) is 4. The maximum atomic E-state index is 13.5. The smallest absolute Gasteiger partial charge is 0.303 e. The van der Waals surface area contributed by atoms with E-state index in [1.54, 1.807) is 7.05 Å². The molecule has 3 fully saturated rings. The third kappa shape index (κ3) is 5.66. The molecule has 5 rings (SSSR count). The number of rotatable bonds is 7. The molecule has 0 radical (unpaired) electrons. The van der Waals surface area contributed by atoms with E-state index in [-0.39, 0.29) is 17.2 Å². The first-order chi connectivity index (χ1) is 17.5. The van der Waals surface area contributed by atoms with E-state index in [1.165, 1.54) is 8.61 Å². The van der Waals surface area contributed by atoms with Gasteiger partial charge in [0.25, 0.3) is 0 Å². The molecule has 10 heteroatoms. The van der Waals surface area contributed by atoms with E-state index in [9.17, 15) is 13.2 Å². The van der Waals surface area contributed by atoms with Crippen LogP contribution < -0.4 is 9.62 Å². The number of ether oxygens (including phenoxy) is 1. The third-order valence-electron chi connectivity index (χ3n) is 7.97. The Morgan fingerprint density at radius 2 is 1.78 bits per heavy atom. The molecule has 2 aliphatic heterocycles. The summed E-state index contributed by atoms with van der Waals surface area (Å²) < 4.78 is 37.7. The van der Waals surface area contributed by atoms with E-state index < -0.39 is 10.2 Å². The number of nitrogens with one attached hydrogen (secondary N) is 1. The molecule has 204 valence electrons. The van der Waals surface area contributed by atoms with Gasteiger partial charge in [0.15, 0.2) is 0 Å². The average molecular weight is 532 g/mol. The summed E-state index contributed by atoms with van der Waals surface area (Å²) in [6.07, 6.45) is 5.30. The summed E-state index contributed by atoms with van der Waals surface area (Å²) in [5, 5.41) is 3.05. The SMILES string of the molecule is CN(c1ccc2c(c1)nc(C(C)(C)C)n2CC1CCOCC1)S(=O)(=O)N1CCC(C(=O)NC2CC2)CC1. The molecule has 0 spiro atoms. The molecule has 1 aromatic heterocycles. The van der Waals surface area contributed by atoms with Gasteiger partial charge in [0, 0.05) is 57.3 Å². The summed E-state index contributed by atoms with van der Waals surface area (Å²) in [6, 6.07) is 6.10. The van der Waals surface area contributed by atoms with Crippen LogP contribution in [0.25, 0.3) is 11.0 Å². The molecule has 0 bridgehead atoms. The number of benzene rings is 1. The Morgan fingerprint density at radius 1 is 1.11 bits per heavy atom. The van der Waals surface area contributed by atoms with E-state index in [0.29, 0.717) is 43.6 Å². The Hall–Kier alpha value is -2.17. The zero-order valence-corrected chi connectivity index (χ0v) is 23.4. The van der Waals surface area contributed by atoms with Gasteiger partial charge in [0.1, 0.15) is 5.82 Å². The fourth-order valence-corrected chi connectivity index (χ4v) is 6.86. The second-order valence-electron chi connectivity index (χ2n) is 12.0. The first-order valence-electron chi connectivity index (χ1n) is 13.7. The summed E-state index contributed by atoms with van der Waals surface area (Å²) in [6.45, 7) is 9.71. The molecule has 2 aromatic rings. The minimum absolute atomic E-state index is 0.0735. The van der Waals surface area contributed by atoms with Crippen LogP contribution in [0.1, 0.15) is 65.1 Å². The van der Waals surface area contributed by atoms with E-state index in [4.69, 9.17) is 9.72 Å². The highest BCUT2D eigenvalue weighted by Crippen LogP contribution is 2.32. The number of hydrogen-bond acceptors (Lipinski definition) is 5. The topological polar surface area (TPSA) is 96.8 Å². The molecule has 0 unspecified atom stereocenters. The molecular formula is C27H41N5O4S. The van der Waals surface area contributed by atoms with E-state index >= 15 is 0 Å². The number of amides is 1. The number of aromatic nitrogens is 2. The maximum Gasteiger partial charge on any atom is 0.303 e. The van der Waals surface area contributed by atoms with E-state index in [1.807, 2.05) is 18.2 Å². The number of hydrogen-bond donors (Lipinski definition) is 1. The minimum Gasteiger partial charge on any atom is -0.381 e. The van der Waals surface area contributed by atoms with Crippen molar-refractivity contribution >= 4 is 32.8 Å². The van der Waals surface area contributed by atoms with Crippen LogP contribution >= 0.6 is 0 Å². The first kappa shape index (κ1) is 26.4. The van der Waals surface area contributed by atoms with Gasteiger partial charge in [-0.1, -0.05) is 20.8 Å². The van der Waals surface area contributed by atoms with Crippen molar-refractivity contribution in [3.05, 3.63) is 24.0 Å². The molecule has 9 nitrogen and oxygen atoms in total. The summed E-state index contributed by atoms with van der Waals surface area (Å²) >= 11 is 0. The lowest BCUT2D eigenvalue weighted by molar-refractivity contribution is -0.126. The Kier molecular flexibility index (Phi) is 7.28. The van der Waals surface area contributed by atoms with Crippen molar-refractivity contribution < 1.29 is 17.9 Å². The van der Waals surface area contributed by atoms with Gasteiger partial charge in [0.05, 0.1) is 16.7 Å². The molecule has 1 aromatic carbocycles. The molecule has 1 aliphatic carbocycles. The molecule has 2 saturated heterocycles. The zero-order chi connectivity index (χ0) is 26.4. The van der Waals surface area contributed by atoms with Gasteiger partial charge in [0.2, 0.25) is 5.91 Å². The van der Waals surface area contributed by atoms with Crippen LogP contribution in [-0.2, 0) is 31.7 Å². The second kappa shape index (κ2) is 10.2. The van der Waals surface area contributed by atoms with Crippen molar-refractivity contribution in [2.75, 3.05) is 37.7 Å². The molecule has 1 N–H and O–H groups in total. The normalized spacial score (nSPS) is 20.9. The van der Waals surface area contributed by atoms with Crippen LogP contribution in [0.3, 0.4) is 0 Å². The monoisotopic (exact) mass is 531 g/mol. The maximum absolute atomic E-state index is 13.5. The van der Waals surface area contributed by atoms with Crippen LogP contribution in [0, 0.1) is 11.8 Å². The van der Waals surface area contributed by atoms with Crippen molar-refractivity contribution in [3.63, 3.8) is 0 Å². The molecule has 1 saturated carbocycles. The Morgan fingerprint density at radius 3 is 2.41 bits per heavy atom. The van der Waals surface area contributed by atoms with Gasteiger partial charge >= 0.3 is 10.2 Å². The Balaban J connectivity index is 1.34. The predicted octanol–water partition coefficient (Wildman–Crippen LogP) is 3.43. The molecule has 3 aliphatic rings. The highest BCUT2D eigenvalue weighted by molar-refractivity contribution is 7.90. The van der Waals surface area contributed by atoms with Crippen LogP contribution in [-0.4, -0.2) is 67.6 Å². The first-order valence-corrected chi connectivity index (χ1v) is 15.1. The van der Waals surface area contributed by atoms with Crippen molar-refractivity contribution in [2.24, 2.45) is 11.8 Å². The van der Waals surface area contributed by atoms with Gasteiger partial charge in [-0.25, -0.2) is 4.98 Å². The van der Waals surface area contributed by atoms with Crippen LogP contribution in [0.2, 0.25) is 0 Å². The number of imidazole rings is 1. The van der Waals surface area contributed by atoms with Gasteiger partial charge in [-0.15, -0.1) is 0 Å². The second-order valence-corrected chi connectivity index (χ2v) is 13.9. The lowest BCUT2D eigenvalue weighted by Gasteiger charge is -2.33. The van der Waals surface area contributed by atoms with Crippen molar-refractivity contribution in [1.29, 1.82) is 0 Å². The number of anilines is 1. The van der Waals surface area contributed by atoms with Crippen LogP contribution in [0.15, 0.2) is 18.2 Å². The molecule has 37 heavy (non-hydrogen) atoms. The Bertz CT molecular complexity index is 1230. The summed E-state index contributed by atoms with van der Waals surface area (Å²) in [5.41, 5.74) is 2.30. The van der Waals surface area contributed by atoms with Crippen molar-refractivity contribution in [1.82, 2.24) is 19.2 Å². The highest BCUT2D eigenvalue weighted by Gasteiger charge is 2.35. The van der Waals surface area contributed by atoms with Gasteiger partial charge in [-0.2, -0.15) is 12.7 Å². The fraction of sp³-hybridized carbons (Fsp3) is 0.704. The van der Waals surface area contributed by atoms with Gasteiger partial charge < -0.3 is 14.6 Å². The minimum atomic E-state index is -3.71. The summed E-state index contributed by atoms with van der Waals surface area (Å²) in [5.74, 6) is 1.53. The lowest BCUT2D eigenvalue weighted by Crippen LogP contribution is -2.48. The molecule has 3 heterocycles. The Labute approximate surface area is 220 Å². The fourth-order valence-electron chi connectivity index (χ4n) is 5.46. The number of carbonyl (C=O) groups excluding carboxylic acids is 1. The number of piperidine rings is 1. The van der Waals surface area contributed by atoms with Crippen molar-refractivity contribution in [3.8, 4) is 0 Å². The lowest BCUT2D eigenvalue weighted by atomic mass is 9.94. The van der Waals surface area contributed by atoms with Gasteiger partial charge in [-0.05, 0) is 62.6 Å². The predicted molar refractivity (Wildman–Crippen MR) is 145 cm³/mol. The van der Waals surface area contributed by atoms with Crippen LogP contribution in [0.4, 0.5) is 5.69 Å². The zero-order valence-electron chi connectivity index (χ0n) is 22.6. The quantitative estimate of drug-likeness (QED) is 0.591. The number of carbonyl (C=O) groups is 1. The molecule has 1 amide bonds. The summed E-state index contributed by atoms with van der Waals surface area (Å²) in [4.78, 5) is 17.4. The van der Waals surface area contributed by atoms with E-state index in [2.05, 4.69) is 30.7 Å². The average Bonchev–Trinajstić information content (AvgIpc) is 3.62.